The van der Waals surface area contributed by atoms with Gasteiger partial charge in [0.2, 0.25) is 5.91 Å². The number of anilines is 2. The zero-order valence-corrected chi connectivity index (χ0v) is 21.8. The van der Waals surface area contributed by atoms with Crippen LogP contribution in [-0.4, -0.2) is 39.2 Å². The van der Waals surface area contributed by atoms with Crippen LogP contribution >= 0.6 is 0 Å². The van der Waals surface area contributed by atoms with E-state index in [-0.39, 0.29) is 17.6 Å². The lowest BCUT2D eigenvalue weighted by molar-refractivity contribution is -0.137. The van der Waals surface area contributed by atoms with E-state index in [0.29, 0.717) is 5.82 Å². The molecule has 3 aromatic rings. The normalized spacial score (nSPS) is 11.9. The number of para-hydroxylation sites is 1. The van der Waals surface area contributed by atoms with Crippen molar-refractivity contribution < 1.29 is 22.8 Å². The van der Waals surface area contributed by atoms with E-state index in [1.165, 1.54) is 23.1 Å². The van der Waals surface area contributed by atoms with Gasteiger partial charge in [-0.15, -0.1) is 0 Å². The number of rotatable bonds is 6. The van der Waals surface area contributed by atoms with Gasteiger partial charge in [0.1, 0.15) is 12.4 Å². The second kappa shape index (κ2) is 10.7. The first-order valence-corrected chi connectivity index (χ1v) is 11.9. The summed E-state index contributed by atoms with van der Waals surface area (Å²) >= 11 is 0. The largest absolute Gasteiger partial charge is 0.418 e. The van der Waals surface area contributed by atoms with Gasteiger partial charge < -0.3 is 15.5 Å². The van der Waals surface area contributed by atoms with Crippen LogP contribution in [0.2, 0.25) is 0 Å². The van der Waals surface area contributed by atoms with Crippen LogP contribution in [-0.2, 0) is 16.4 Å². The Morgan fingerprint density at radius 1 is 1.00 bits per heavy atom. The fourth-order valence-electron chi connectivity index (χ4n) is 3.57. The molecule has 10 heteroatoms. The quantitative estimate of drug-likeness (QED) is 0.400. The molecule has 1 heterocycles. The summed E-state index contributed by atoms with van der Waals surface area (Å²) in [5, 5.41) is 9.79. The second-order valence-corrected chi connectivity index (χ2v) is 10.2. The average molecular weight is 516 g/mol. The summed E-state index contributed by atoms with van der Waals surface area (Å²) in [5.74, 6) is -0.0908. The Bertz CT molecular complexity index is 1260. The van der Waals surface area contributed by atoms with E-state index in [9.17, 15) is 22.8 Å². The third-order valence-electron chi connectivity index (χ3n) is 5.70. The summed E-state index contributed by atoms with van der Waals surface area (Å²) in [7, 11) is 0. The predicted octanol–water partition coefficient (Wildman–Crippen LogP) is 6.38. The number of nitrogens with one attached hydrogen (secondary N) is 2. The smallest absolute Gasteiger partial charge is 0.313 e. The van der Waals surface area contributed by atoms with Crippen LogP contribution in [0.25, 0.3) is 5.69 Å². The SMILES string of the molecule is Cc1ccc(-n2nc(C(C)(C)C)cc2NC(=O)CN(C(=O)Nc2ccccc2C(F)(F)F)C(C)C)cc1. The summed E-state index contributed by atoms with van der Waals surface area (Å²) in [6.45, 7) is 11.0. The van der Waals surface area contributed by atoms with Crippen molar-refractivity contribution in [1.29, 1.82) is 0 Å². The van der Waals surface area contributed by atoms with Crippen molar-refractivity contribution >= 4 is 23.4 Å². The van der Waals surface area contributed by atoms with E-state index >= 15 is 0 Å². The molecule has 0 aliphatic carbocycles. The minimum Gasteiger partial charge on any atom is -0.313 e. The van der Waals surface area contributed by atoms with Crippen molar-refractivity contribution in [3.63, 3.8) is 0 Å². The van der Waals surface area contributed by atoms with Crippen molar-refractivity contribution in [1.82, 2.24) is 14.7 Å². The van der Waals surface area contributed by atoms with Gasteiger partial charge in [-0.05, 0) is 45.0 Å². The number of amides is 3. The van der Waals surface area contributed by atoms with E-state index in [4.69, 9.17) is 0 Å². The number of hydrogen-bond acceptors (Lipinski definition) is 3. The highest BCUT2D eigenvalue weighted by Gasteiger charge is 2.34. The first kappa shape index (κ1) is 27.8. The van der Waals surface area contributed by atoms with Gasteiger partial charge in [0.05, 0.1) is 22.6 Å². The summed E-state index contributed by atoms with van der Waals surface area (Å²) in [6.07, 6.45) is -4.64. The Balaban J connectivity index is 1.83. The fraction of sp³-hybridized carbons (Fsp3) is 0.370. The maximum Gasteiger partial charge on any atom is 0.418 e. The zero-order valence-electron chi connectivity index (χ0n) is 21.8. The van der Waals surface area contributed by atoms with Crippen molar-refractivity contribution in [3.8, 4) is 5.69 Å². The topological polar surface area (TPSA) is 79.3 Å². The van der Waals surface area contributed by atoms with Gasteiger partial charge in [0.15, 0.2) is 0 Å². The first-order chi connectivity index (χ1) is 17.2. The molecule has 0 unspecified atom stereocenters. The fourth-order valence-corrected chi connectivity index (χ4v) is 3.57. The van der Waals surface area contributed by atoms with Gasteiger partial charge in [0.25, 0.3) is 0 Å². The van der Waals surface area contributed by atoms with Crippen LogP contribution in [0.1, 0.15) is 51.4 Å². The number of nitrogens with zero attached hydrogens (tertiary/aromatic N) is 3. The molecule has 0 atom stereocenters. The number of aromatic nitrogens is 2. The summed E-state index contributed by atoms with van der Waals surface area (Å²) in [5.41, 5.74) is 0.949. The highest BCUT2D eigenvalue weighted by Crippen LogP contribution is 2.34. The van der Waals surface area contributed by atoms with Crippen LogP contribution in [0.4, 0.5) is 29.5 Å². The Hall–Kier alpha value is -3.82. The Labute approximate surface area is 214 Å². The molecule has 3 rings (SSSR count). The van der Waals surface area contributed by atoms with Gasteiger partial charge in [-0.1, -0.05) is 50.6 Å². The summed E-state index contributed by atoms with van der Waals surface area (Å²) in [6, 6.07) is 12.8. The highest BCUT2D eigenvalue weighted by atomic mass is 19.4. The van der Waals surface area contributed by atoms with Crippen LogP contribution < -0.4 is 10.6 Å². The minimum absolute atomic E-state index is 0.287. The molecule has 198 valence electrons. The van der Waals surface area contributed by atoms with Crippen LogP contribution in [0.3, 0.4) is 0 Å². The van der Waals surface area contributed by atoms with Crippen LogP contribution in [0.15, 0.2) is 54.6 Å². The number of urea groups is 1. The molecule has 0 aliphatic rings. The van der Waals surface area contributed by atoms with Gasteiger partial charge in [-0.2, -0.15) is 18.3 Å². The van der Waals surface area contributed by atoms with Crippen molar-refractivity contribution in [2.45, 2.75) is 59.2 Å². The molecule has 0 saturated heterocycles. The molecular weight excluding hydrogens is 483 g/mol. The Morgan fingerprint density at radius 2 is 1.62 bits per heavy atom. The molecule has 2 N–H and O–H groups in total. The maximum atomic E-state index is 13.4. The molecule has 37 heavy (non-hydrogen) atoms. The molecule has 0 radical (unpaired) electrons. The van der Waals surface area contributed by atoms with Crippen LogP contribution in [0, 0.1) is 6.92 Å². The number of carbonyl (C=O) groups excluding carboxylic acids is 2. The number of hydrogen-bond donors (Lipinski definition) is 2. The minimum atomic E-state index is -4.64. The van der Waals surface area contributed by atoms with E-state index in [1.54, 1.807) is 24.6 Å². The molecule has 2 aromatic carbocycles. The standard InChI is InChI=1S/C27H32F3N5O2/c1-17(2)34(25(37)31-21-10-8-7-9-20(21)27(28,29)30)16-24(36)32-23-15-22(26(4,5)6)33-35(23)19-13-11-18(3)12-14-19/h7-15,17H,16H2,1-6H3,(H,31,37)(H,32,36). The average Bonchev–Trinajstić information content (AvgIpc) is 3.21. The number of halogens is 3. The zero-order chi connectivity index (χ0) is 27.5. The van der Waals surface area contributed by atoms with Crippen molar-refractivity contribution in [3.05, 3.63) is 71.4 Å². The van der Waals surface area contributed by atoms with Crippen molar-refractivity contribution in [2.75, 3.05) is 17.2 Å². The summed E-state index contributed by atoms with van der Waals surface area (Å²) < 4.78 is 41.7. The number of aryl methyl sites for hydroxylation is 1. The van der Waals surface area contributed by atoms with E-state index in [1.807, 2.05) is 52.0 Å². The monoisotopic (exact) mass is 515 g/mol. The lowest BCUT2D eigenvalue weighted by atomic mass is 9.92. The molecule has 1 aromatic heterocycles. The number of benzene rings is 2. The van der Waals surface area contributed by atoms with E-state index in [0.717, 1.165) is 23.0 Å². The third-order valence-corrected chi connectivity index (χ3v) is 5.70. The summed E-state index contributed by atoms with van der Waals surface area (Å²) in [4.78, 5) is 27.1. The van der Waals surface area contributed by atoms with Gasteiger partial charge in [-0.25, -0.2) is 9.48 Å². The molecule has 0 bridgehead atoms. The van der Waals surface area contributed by atoms with E-state index < -0.39 is 29.7 Å². The predicted molar refractivity (Wildman–Crippen MR) is 138 cm³/mol. The number of alkyl halides is 3. The molecule has 3 amide bonds. The van der Waals surface area contributed by atoms with Crippen molar-refractivity contribution in [2.24, 2.45) is 0 Å². The molecule has 7 nitrogen and oxygen atoms in total. The van der Waals surface area contributed by atoms with Gasteiger partial charge >= 0.3 is 12.2 Å². The molecule has 0 aliphatic heterocycles. The van der Waals surface area contributed by atoms with E-state index in [2.05, 4.69) is 15.7 Å². The Morgan fingerprint density at radius 3 is 2.19 bits per heavy atom. The molecule has 0 saturated carbocycles. The molecular formula is C27H32F3N5O2. The molecule has 0 spiro atoms. The second-order valence-electron chi connectivity index (χ2n) is 10.2. The van der Waals surface area contributed by atoms with Gasteiger partial charge in [0, 0.05) is 17.5 Å². The molecule has 0 fully saturated rings. The highest BCUT2D eigenvalue weighted by molar-refractivity contribution is 5.97. The third kappa shape index (κ3) is 6.90. The maximum absolute atomic E-state index is 13.4. The number of carbonyl (C=O) groups is 2. The Kier molecular flexibility index (Phi) is 8.00. The lowest BCUT2D eigenvalue weighted by Gasteiger charge is -2.27. The lowest BCUT2D eigenvalue weighted by Crippen LogP contribution is -2.45. The van der Waals surface area contributed by atoms with Gasteiger partial charge in [-0.3, -0.25) is 4.79 Å². The van der Waals surface area contributed by atoms with Crippen LogP contribution in [0.5, 0.6) is 0 Å². The first-order valence-electron chi connectivity index (χ1n) is 11.9.